The van der Waals surface area contributed by atoms with Gasteiger partial charge in [0.1, 0.15) is 5.57 Å². The first-order valence-corrected chi connectivity index (χ1v) is 8.33. The summed E-state index contributed by atoms with van der Waals surface area (Å²) in [6.07, 6.45) is 1.59. The van der Waals surface area contributed by atoms with Gasteiger partial charge in [0.05, 0.1) is 5.69 Å². The van der Waals surface area contributed by atoms with Gasteiger partial charge < -0.3 is 0 Å². The number of anilines is 1. The first-order chi connectivity index (χ1) is 11.0. The third-order valence-electron chi connectivity index (χ3n) is 3.42. The minimum Gasteiger partial charge on any atom is -0.298 e. The van der Waals surface area contributed by atoms with Gasteiger partial charge in [-0.25, -0.2) is 0 Å². The van der Waals surface area contributed by atoms with Gasteiger partial charge in [-0.1, -0.05) is 6.07 Å². The van der Waals surface area contributed by atoms with Crippen LogP contribution in [0.25, 0.3) is 6.08 Å². The summed E-state index contributed by atoms with van der Waals surface area (Å²) in [7, 11) is 0. The SMILES string of the molecule is Cc1cc(C)cc(N2C(=O)/C(=C\c3ccsc3)C(=O)NC2=S)c1. The smallest absolute Gasteiger partial charge is 0.270 e. The highest BCUT2D eigenvalue weighted by atomic mass is 32.1. The van der Waals surface area contributed by atoms with Gasteiger partial charge in [-0.15, -0.1) is 0 Å². The quantitative estimate of drug-likeness (QED) is 0.518. The van der Waals surface area contributed by atoms with E-state index in [4.69, 9.17) is 12.2 Å². The van der Waals surface area contributed by atoms with Crippen LogP contribution in [-0.4, -0.2) is 16.9 Å². The number of thiophene rings is 1. The van der Waals surface area contributed by atoms with Gasteiger partial charge in [0.25, 0.3) is 11.8 Å². The zero-order valence-corrected chi connectivity index (χ0v) is 14.3. The van der Waals surface area contributed by atoms with Gasteiger partial charge in [-0.2, -0.15) is 11.3 Å². The van der Waals surface area contributed by atoms with E-state index in [0.29, 0.717) is 5.69 Å². The molecule has 116 valence electrons. The maximum atomic E-state index is 12.8. The van der Waals surface area contributed by atoms with E-state index in [1.807, 2.05) is 48.9 Å². The van der Waals surface area contributed by atoms with Crippen LogP contribution in [-0.2, 0) is 9.59 Å². The lowest BCUT2D eigenvalue weighted by molar-refractivity contribution is -0.122. The number of hydrogen-bond acceptors (Lipinski definition) is 4. The molecule has 0 aliphatic carbocycles. The van der Waals surface area contributed by atoms with E-state index in [2.05, 4.69) is 5.32 Å². The summed E-state index contributed by atoms with van der Waals surface area (Å²) in [5.41, 5.74) is 3.61. The number of carbonyl (C=O) groups is 2. The van der Waals surface area contributed by atoms with Gasteiger partial charge in [-0.05, 0) is 77.8 Å². The molecule has 0 radical (unpaired) electrons. The number of aryl methyl sites for hydroxylation is 2. The maximum Gasteiger partial charge on any atom is 0.270 e. The zero-order valence-electron chi connectivity index (χ0n) is 12.6. The lowest BCUT2D eigenvalue weighted by atomic mass is 10.1. The summed E-state index contributed by atoms with van der Waals surface area (Å²) in [4.78, 5) is 26.3. The second-order valence-electron chi connectivity index (χ2n) is 5.36. The van der Waals surface area contributed by atoms with Crippen molar-refractivity contribution in [1.82, 2.24) is 5.32 Å². The number of nitrogens with zero attached hydrogens (tertiary/aromatic N) is 1. The number of amides is 2. The van der Waals surface area contributed by atoms with Gasteiger partial charge >= 0.3 is 0 Å². The standard InChI is InChI=1S/C17H14N2O2S2/c1-10-5-11(2)7-13(6-10)19-16(21)14(15(20)18-17(19)22)8-12-3-4-23-9-12/h3-9H,1-2H3,(H,18,20,22)/b14-8-. The number of carbonyl (C=O) groups excluding carboxylic acids is 2. The highest BCUT2D eigenvalue weighted by Crippen LogP contribution is 2.24. The lowest BCUT2D eigenvalue weighted by Crippen LogP contribution is -2.54. The van der Waals surface area contributed by atoms with Crippen molar-refractivity contribution in [3.8, 4) is 0 Å². The van der Waals surface area contributed by atoms with Crippen molar-refractivity contribution < 1.29 is 9.59 Å². The maximum absolute atomic E-state index is 12.8. The molecular formula is C17H14N2O2S2. The van der Waals surface area contributed by atoms with Crippen LogP contribution in [0.15, 0.2) is 40.6 Å². The monoisotopic (exact) mass is 342 g/mol. The topological polar surface area (TPSA) is 49.4 Å². The molecule has 0 saturated carbocycles. The summed E-state index contributed by atoms with van der Waals surface area (Å²) < 4.78 is 0. The van der Waals surface area contributed by atoms with E-state index in [9.17, 15) is 9.59 Å². The minimum atomic E-state index is -0.466. The molecule has 2 heterocycles. The van der Waals surface area contributed by atoms with E-state index in [-0.39, 0.29) is 10.7 Å². The Morgan fingerprint density at radius 2 is 1.87 bits per heavy atom. The average Bonchev–Trinajstić information content (AvgIpc) is 2.95. The predicted octanol–water partition coefficient (Wildman–Crippen LogP) is 3.20. The van der Waals surface area contributed by atoms with Crippen molar-refractivity contribution in [2.45, 2.75) is 13.8 Å². The van der Waals surface area contributed by atoms with Gasteiger partial charge in [-0.3, -0.25) is 19.8 Å². The second kappa shape index (κ2) is 6.06. The van der Waals surface area contributed by atoms with Crippen LogP contribution in [0.1, 0.15) is 16.7 Å². The lowest BCUT2D eigenvalue weighted by Gasteiger charge is -2.29. The Hall–Kier alpha value is -2.31. The molecule has 1 fully saturated rings. The second-order valence-corrected chi connectivity index (χ2v) is 6.53. The summed E-state index contributed by atoms with van der Waals surface area (Å²) in [6.45, 7) is 3.91. The summed E-state index contributed by atoms with van der Waals surface area (Å²) >= 11 is 6.70. The normalized spacial score (nSPS) is 16.9. The van der Waals surface area contributed by atoms with Crippen molar-refractivity contribution in [3.63, 3.8) is 0 Å². The molecule has 1 N–H and O–H groups in total. The number of rotatable bonds is 2. The fourth-order valence-corrected chi connectivity index (χ4v) is 3.39. The fourth-order valence-electron chi connectivity index (χ4n) is 2.50. The Labute approximate surface area is 143 Å². The molecule has 1 aliphatic rings. The fraction of sp³-hybridized carbons (Fsp3) is 0.118. The molecule has 2 aromatic rings. The first-order valence-electron chi connectivity index (χ1n) is 6.97. The van der Waals surface area contributed by atoms with Crippen molar-refractivity contribution in [2.24, 2.45) is 0 Å². The largest absolute Gasteiger partial charge is 0.298 e. The van der Waals surface area contributed by atoms with Gasteiger partial charge in [0.15, 0.2) is 5.11 Å². The molecule has 4 nitrogen and oxygen atoms in total. The molecule has 3 rings (SSSR count). The van der Waals surface area contributed by atoms with Crippen LogP contribution in [0.5, 0.6) is 0 Å². The Balaban J connectivity index is 2.05. The van der Waals surface area contributed by atoms with E-state index in [1.165, 1.54) is 16.2 Å². The molecule has 0 atom stereocenters. The first kappa shape index (κ1) is 15.6. The van der Waals surface area contributed by atoms with E-state index >= 15 is 0 Å². The summed E-state index contributed by atoms with van der Waals surface area (Å²) in [5.74, 6) is -0.873. The minimum absolute atomic E-state index is 0.0798. The number of hydrogen-bond donors (Lipinski definition) is 1. The highest BCUT2D eigenvalue weighted by molar-refractivity contribution is 7.80. The Morgan fingerprint density at radius 1 is 1.17 bits per heavy atom. The number of nitrogens with one attached hydrogen (secondary N) is 1. The van der Waals surface area contributed by atoms with Crippen LogP contribution in [0.4, 0.5) is 5.69 Å². The molecule has 1 aromatic carbocycles. The van der Waals surface area contributed by atoms with Crippen LogP contribution in [0, 0.1) is 13.8 Å². The van der Waals surface area contributed by atoms with Crippen LogP contribution >= 0.6 is 23.6 Å². The Kier molecular flexibility index (Phi) is 4.11. The molecule has 6 heteroatoms. The summed E-state index contributed by atoms with van der Waals surface area (Å²) in [6, 6.07) is 7.61. The molecule has 0 bridgehead atoms. The number of thiocarbonyl (C=S) groups is 1. The number of benzene rings is 1. The predicted molar refractivity (Wildman–Crippen MR) is 96.4 cm³/mol. The Bertz CT molecular complexity index is 818. The van der Waals surface area contributed by atoms with Crippen molar-refractivity contribution in [1.29, 1.82) is 0 Å². The molecule has 2 amide bonds. The van der Waals surface area contributed by atoms with Gasteiger partial charge in [0.2, 0.25) is 0 Å². The van der Waals surface area contributed by atoms with Crippen LogP contribution in [0.2, 0.25) is 0 Å². The molecule has 0 unspecified atom stereocenters. The van der Waals surface area contributed by atoms with Crippen LogP contribution in [0.3, 0.4) is 0 Å². The molecule has 23 heavy (non-hydrogen) atoms. The average molecular weight is 342 g/mol. The molecular weight excluding hydrogens is 328 g/mol. The van der Waals surface area contributed by atoms with Gasteiger partial charge in [0, 0.05) is 0 Å². The van der Waals surface area contributed by atoms with E-state index in [1.54, 1.807) is 6.08 Å². The molecule has 1 aliphatic heterocycles. The molecule has 1 aromatic heterocycles. The third kappa shape index (κ3) is 3.09. The van der Waals surface area contributed by atoms with Crippen LogP contribution < -0.4 is 10.2 Å². The molecule has 1 saturated heterocycles. The zero-order chi connectivity index (χ0) is 16.6. The summed E-state index contributed by atoms with van der Waals surface area (Å²) in [5, 5.41) is 6.47. The van der Waals surface area contributed by atoms with Crippen molar-refractivity contribution >= 4 is 52.2 Å². The van der Waals surface area contributed by atoms with E-state index < -0.39 is 11.8 Å². The third-order valence-corrected chi connectivity index (χ3v) is 4.41. The Morgan fingerprint density at radius 3 is 2.48 bits per heavy atom. The highest BCUT2D eigenvalue weighted by Gasteiger charge is 2.34. The van der Waals surface area contributed by atoms with Crippen molar-refractivity contribution in [2.75, 3.05) is 4.90 Å². The van der Waals surface area contributed by atoms with Crippen molar-refractivity contribution in [3.05, 3.63) is 57.3 Å². The van der Waals surface area contributed by atoms with E-state index in [0.717, 1.165) is 16.7 Å². The molecule has 0 spiro atoms.